The van der Waals surface area contributed by atoms with Crippen molar-refractivity contribution < 1.29 is 17.6 Å². The molecule has 8 nitrogen and oxygen atoms in total. The van der Waals surface area contributed by atoms with E-state index in [4.69, 9.17) is 21.4 Å². The minimum Gasteiger partial charge on any atom is -0.450 e. The first-order valence-electron chi connectivity index (χ1n) is 7.94. The highest BCUT2D eigenvalue weighted by atomic mass is 35.5. The molecule has 0 saturated heterocycles. The molecule has 12 heteroatoms. The zero-order valence-corrected chi connectivity index (χ0v) is 17.8. The smallest absolute Gasteiger partial charge is 0.283 e. The summed E-state index contributed by atoms with van der Waals surface area (Å²) in [5, 5.41) is 9.22. The van der Waals surface area contributed by atoms with Gasteiger partial charge in [0, 0.05) is 16.2 Å². The van der Waals surface area contributed by atoms with Gasteiger partial charge in [-0.3, -0.25) is 10.2 Å². The summed E-state index contributed by atoms with van der Waals surface area (Å²) < 4.78 is 33.3. The van der Waals surface area contributed by atoms with Crippen molar-refractivity contribution in [3.63, 3.8) is 0 Å². The number of amides is 1. The second-order valence-electron chi connectivity index (χ2n) is 5.89. The zero-order chi connectivity index (χ0) is 20.8. The SMILES string of the molecule is CS(=O)(=O)C1=NSC2=NC(=O)/C(=C\c3ccc(Sc4ccc(Cl)cc4)o3)C(=N)N21. The predicted molar refractivity (Wildman–Crippen MR) is 114 cm³/mol. The number of carbonyl (C=O) groups excluding carboxylic acids is 1. The van der Waals surface area contributed by atoms with Crippen LogP contribution in [0.4, 0.5) is 0 Å². The van der Waals surface area contributed by atoms with Gasteiger partial charge in [0.25, 0.3) is 5.91 Å². The van der Waals surface area contributed by atoms with Crippen LogP contribution in [0.5, 0.6) is 0 Å². The van der Waals surface area contributed by atoms with E-state index in [0.29, 0.717) is 15.9 Å². The Hall–Kier alpha value is -2.34. The molecular weight excluding hydrogens is 456 g/mol. The van der Waals surface area contributed by atoms with Crippen LogP contribution in [0.3, 0.4) is 0 Å². The lowest BCUT2D eigenvalue weighted by Crippen LogP contribution is -2.45. The van der Waals surface area contributed by atoms with Crippen molar-refractivity contribution in [3.8, 4) is 0 Å². The molecule has 148 valence electrons. The Morgan fingerprint density at radius 1 is 1.24 bits per heavy atom. The van der Waals surface area contributed by atoms with Crippen LogP contribution in [0.25, 0.3) is 6.08 Å². The molecule has 1 aromatic carbocycles. The molecule has 3 heterocycles. The van der Waals surface area contributed by atoms with E-state index in [-0.39, 0.29) is 21.7 Å². The van der Waals surface area contributed by atoms with Crippen LogP contribution < -0.4 is 0 Å². The summed E-state index contributed by atoms with van der Waals surface area (Å²) in [4.78, 5) is 18.1. The van der Waals surface area contributed by atoms with Crippen LogP contribution in [-0.2, 0) is 14.6 Å². The van der Waals surface area contributed by atoms with Crippen molar-refractivity contribution in [1.82, 2.24) is 4.90 Å². The number of sulfone groups is 1. The van der Waals surface area contributed by atoms with Crippen molar-refractivity contribution in [2.75, 3.05) is 6.26 Å². The van der Waals surface area contributed by atoms with Crippen molar-refractivity contribution >= 4 is 73.3 Å². The van der Waals surface area contributed by atoms with E-state index in [9.17, 15) is 13.2 Å². The molecule has 0 bridgehead atoms. The number of hydrogen-bond acceptors (Lipinski definition) is 8. The Bertz CT molecular complexity index is 1230. The van der Waals surface area contributed by atoms with E-state index in [1.165, 1.54) is 17.8 Å². The molecule has 2 aromatic rings. The maximum absolute atomic E-state index is 12.3. The van der Waals surface area contributed by atoms with Gasteiger partial charge in [-0.25, -0.2) is 13.3 Å². The standard InChI is InChI=1S/C17H11ClN4O4S3/c1-29(24,25)17-21-28-16-20-15(23)12(14(19)22(16)17)8-10-4-7-13(26-10)27-11-5-2-9(18)3-6-11/h2-8,19H,1H3/b12-8-,19-14?. The van der Waals surface area contributed by atoms with Gasteiger partial charge in [0.05, 0.1) is 17.5 Å². The fourth-order valence-electron chi connectivity index (χ4n) is 2.47. The van der Waals surface area contributed by atoms with Gasteiger partial charge in [-0.1, -0.05) is 23.4 Å². The summed E-state index contributed by atoms with van der Waals surface area (Å²) in [6.07, 6.45) is 2.34. The van der Waals surface area contributed by atoms with Crippen molar-refractivity contribution in [3.05, 3.63) is 52.8 Å². The Balaban J connectivity index is 1.61. The molecule has 0 spiro atoms. The summed E-state index contributed by atoms with van der Waals surface area (Å²) in [5.74, 6) is -0.655. The molecule has 0 fully saturated rings. The molecule has 2 aliphatic heterocycles. The van der Waals surface area contributed by atoms with Crippen LogP contribution >= 0.6 is 35.3 Å². The average Bonchev–Trinajstić information content (AvgIpc) is 3.27. The maximum atomic E-state index is 12.3. The predicted octanol–water partition coefficient (Wildman–Crippen LogP) is 3.71. The Labute approximate surface area is 179 Å². The third-order valence-corrected chi connectivity index (χ3v) is 6.68. The summed E-state index contributed by atoms with van der Waals surface area (Å²) in [5.41, 5.74) is -0.0926. The molecule has 2 aliphatic rings. The molecule has 0 saturated carbocycles. The minimum absolute atomic E-state index is 0.0380. The molecule has 1 aromatic heterocycles. The fraction of sp³-hybridized carbons (Fsp3) is 0.0588. The number of nitrogens with zero attached hydrogens (tertiary/aromatic N) is 3. The fourth-order valence-corrected chi connectivity index (χ4v) is 5.21. The van der Waals surface area contributed by atoms with Crippen molar-refractivity contribution in [1.29, 1.82) is 5.41 Å². The first kappa shape index (κ1) is 20.0. The number of rotatable bonds is 3. The second kappa shape index (κ2) is 7.48. The summed E-state index contributed by atoms with van der Waals surface area (Å²) in [6, 6.07) is 10.6. The lowest BCUT2D eigenvalue weighted by Gasteiger charge is -2.23. The van der Waals surface area contributed by atoms with Gasteiger partial charge in [-0.05, 0) is 42.5 Å². The molecule has 1 N–H and O–H groups in total. The number of halogens is 1. The van der Waals surface area contributed by atoms with Gasteiger partial charge in [0.15, 0.2) is 5.09 Å². The van der Waals surface area contributed by atoms with Gasteiger partial charge < -0.3 is 4.42 Å². The van der Waals surface area contributed by atoms with Crippen LogP contribution in [0.2, 0.25) is 5.02 Å². The Morgan fingerprint density at radius 2 is 1.97 bits per heavy atom. The summed E-state index contributed by atoms with van der Waals surface area (Å²) in [7, 11) is -3.69. The first-order chi connectivity index (χ1) is 13.7. The van der Waals surface area contributed by atoms with E-state index >= 15 is 0 Å². The van der Waals surface area contributed by atoms with Gasteiger partial charge in [-0.15, -0.1) is 0 Å². The van der Waals surface area contributed by atoms with E-state index in [1.807, 2.05) is 12.1 Å². The monoisotopic (exact) mass is 466 g/mol. The van der Waals surface area contributed by atoms with E-state index in [1.54, 1.807) is 24.3 Å². The highest BCUT2D eigenvalue weighted by Crippen LogP contribution is 2.32. The third kappa shape index (κ3) is 4.04. The molecule has 4 rings (SSSR count). The third-order valence-electron chi connectivity index (χ3n) is 3.75. The average molecular weight is 467 g/mol. The number of furan rings is 1. The largest absolute Gasteiger partial charge is 0.450 e. The molecule has 0 aliphatic carbocycles. The number of nitrogens with one attached hydrogen (secondary N) is 1. The number of amidine groups is 3. The number of fused-ring (bicyclic) bond motifs is 1. The molecular formula is C17H11ClN4O4S3. The van der Waals surface area contributed by atoms with Gasteiger partial charge in [0.1, 0.15) is 11.6 Å². The number of benzene rings is 1. The second-order valence-corrected chi connectivity index (χ2v) is 10.0. The summed E-state index contributed by atoms with van der Waals surface area (Å²) in [6.45, 7) is 0. The van der Waals surface area contributed by atoms with Gasteiger partial charge in [-0.2, -0.15) is 9.39 Å². The maximum Gasteiger partial charge on any atom is 0.283 e. The summed E-state index contributed by atoms with van der Waals surface area (Å²) >= 11 is 7.99. The van der Waals surface area contributed by atoms with Crippen LogP contribution in [-0.4, -0.2) is 41.7 Å². The normalized spacial score (nSPS) is 18.1. The topological polar surface area (TPSA) is 116 Å². The molecule has 0 atom stereocenters. The van der Waals surface area contributed by atoms with Crippen molar-refractivity contribution in [2.45, 2.75) is 9.99 Å². The molecule has 1 amide bonds. The number of hydrogen-bond donors (Lipinski definition) is 1. The van der Waals surface area contributed by atoms with E-state index in [0.717, 1.165) is 28.0 Å². The number of aliphatic imine (C=N–C) groups is 1. The number of carbonyl (C=O) groups is 1. The zero-order valence-electron chi connectivity index (χ0n) is 14.6. The minimum atomic E-state index is -3.69. The van der Waals surface area contributed by atoms with Crippen molar-refractivity contribution in [2.24, 2.45) is 9.39 Å². The first-order valence-corrected chi connectivity index (χ1v) is 11.8. The lowest BCUT2D eigenvalue weighted by molar-refractivity contribution is -0.114. The quantitative estimate of drug-likeness (QED) is 0.541. The van der Waals surface area contributed by atoms with Crippen LogP contribution in [0.15, 0.2) is 65.8 Å². The van der Waals surface area contributed by atoms with Gasteiger partial charge in [0.2, 0.25) is 20.2 Å². The highest BCUT2D eigenvalue weighted by Gasteiger charge is 2.41. The molecule has 0 radical (unpaired) electrons. The van der Waals surface area contributed by atoms with E-state index < -0.39 is 15.7 Å². The van der Waals surface area contributed by atoms with Gasteiger partial charge >= 0.3 is 0 Å². The molecule has 0 unspecified atom stereocenters. The van der Waals surface area contributed by atoms with Crippen LogP contribution in [0, 0.1) is 5.41 Å². The molecule has 29 heavy (non-hydrogen) atoms. The highest BCUT2D eigenvalue weighted by molar-refractivity contribution is 8.16. The van der Waals surface area contributed by atoms with Crippen LogP contribution in [0.1, 0.15) is 5.76 Å². The lowest BCUT2D eigenvalue weighted by atomic mass is 10.1. The Morgan fingerprint density at radius 3 is 2.66 bits per heavy atom. The Kier molecular flexibility index (Phi) is 5.15. The van der Waals surface area contributed by atoms with E-state index in [2.05, 4.69) is 9.39 Å².